The number of fused-ring (bicyclic) bond motifs is 1. The number of para-hydroxylation sites is 1. The summed E-state index contributed by atoms with van der Waals surface area (Å²) in [6.45, 7) is 1.57. The third kappa shape index (κ3) is 4.04. The third-order valence-corrected chi connectivity index (χ3v) is 4.15. The number of rotatable bonds is 6. The van der Waals surface area contributed by atoms with Crippen LogP contribution in [0.4, 0.5) is 0 Å². The van der Waals surface area contributed by atoms with Crippen LogP contribution in [0.2, 0.25) is 0 Å². The Labute approximate surface area is 140 Å². The molecule has 1 aliphatic carbocycles. The van der Waals surface area contributed by atoms with Gasteiger partial charge >= 0.3 is 5.97 Å². The molecule has 24 heavy (non-hydrogen) atoms. The molecule has 0 aliphatic heterocycles. The predicted octanol–water partition coefficient (Wildman–Crippen LogP) is 3.51. The molecule has 1 heterocycles. The maximum absolute atomic E-state index is 11.9. The lowest BCUT2D eigenvalue weighted by Crippen LogP contribution is -2.31. The van der Waals surface area contributed by atoms with E-state index in [2.05, 4.69) is 11.4 Å². The highest BCUT2D eigenvalue weighted by Crippen LogP contribution is 2.23. The van der Waals surface area contributed by atoms with Gasteiger partial charge in [0.15, 0.2) is 6.61 Å². The van der Waals surface area contributed by atoms with E-state index in [0.717, 1.165) is 23.8 Å². The van der Waals surface area contributed by atoms with Gasteiger partial charge in [0.1, 0.15) is 11.3 Å². The van der Waals surface area contributed by atoms with Gasteiger partial charge in [0.2, 0.25) is 0 Å². The van der Waals surface area contributed by atoms with Gasteiger partial charge in [-0.3, -0.25) is 9.59 Å². The number of amides is 1. The number of furan rings is 1. The number of nitrogens with one attached hydrogen (secondary N) is 1. The highest BCUT2D eigenvalue weighted by Gasteiger charge is 2.18. The smallest absolute Gasteiger partial charge is 0.306 e. The topological polar surface area (TPSA) is 68.5 Å². The molecule has 2 atom stereocenters. The fraction of sp³-hybridized carbons (Fsp3) is 0.368. The Bertz CT molecular complexity index is 729. The molecule has 0 radical (unpaired) electrons. The van der Waals surface area contributed by atoms with Crippen LogP contribution in [0.25, 0.3) is 11.0 Å². The van der Waals surface area contributed by atoms with Gasteiger partial charge in [-0.1, -0.05) is 30.4 Å². The molecule has 5 nitrogen and oxygen atoms in total. The van der Waals surface area contributed by atoms with E-state index in [0.29, 0.717) is 12.2 Å². The van der Waals surface area contributed by atoms with Gasteiger partial charge in [-0.2, -0.15) is 0 Å². The minimum Gasteiger partial charge on any atom is -0.459 e. The maximum atomic E-state index is 11.9. The molecule has 1 aromatic carbocycles. The number of esters is 1. The molecule has 126 valence electrons. The van der Waals surface area contributed by atoms with Crippen LogP contribution < -0.4 is 5.32 Å². The molecule has 1 aliphatic rings. The number of allylic oxidation sites excluding steroid dienone is 2. The van der Waals surface area contributed by atoms with Crippen molar-refractivity contribution in [1.82, 2.24) is 5.32 Å². The van der Waals surface area contributed by atoms with Crippen LogP contribution in [-0.4, -0.2) is 18.5 Å². The Morgan fingerprint density at radius 1 is 1.38 bits per heavy atom. The number of hydrogen-bond acceptors (Lipinski definition) is 4. The van der Waals surface area contributed by atoms with Crippen molar-refractivity contribution in [3.63, 3.8) is 0 Å². The van der Waals surface area contributed by atoms with Gasteiger partial charge in [-0.25, -0.2) is 0 Å². The molecule has 0 fully saturated rings. The van der Waals surface area contributed by atoms with Gasteiger partial charge in [0.25, 0.3) is 5.91 Å². The Hall–Kier alpha value is -2.56. The van der Waals surface area contributed by atoms with Crippen LogP contribution in [-0.2, 0) is 14.3 Å². The van der Waals surface area contributed by atoms with Crippen molar-refractivity contribution >= 4 is 22.8 Å². The van der Waals surface area contributed by atoms with E-state index in [-0.39, 0.29) is 30.4 Å². The zero-order chi connectivity index (χ0) is 16.9. The van der Waals surface area contributed by atoms with Crippen LogP contribution in [0, 0.1) is 5.92 Å². The molecular formula is C19H21NO4. The first-order valence-corrected chi connectivity index (χ1v) is 8.22. The average molecular weight is 327 g/mol. The first-order chi connectivity index (χ1) is 11.6. The molecule has 3 rings (SSSR count). The summed E-state index contributed by atoms with van der Waals surface area (Å²) in [7, 11) is 0. The summed E-state index contributed by atoms with van der Waals surface area (Å²) >= 11 is 0. The lowest BCUT2D eigenvalue weighted by molar-refractivity contribution is -0.149. The molecule has 1 amide bonds. The third-order valence-electron chi connectivity index (χ3n) is 4.15. The number of ether oxygens (including phenoxy) is 1. The zero-order valence-corrected chi connectivity index (χ0v) is 13.7. The van der Waals surface area contributed by atoms with E-state index in [9.17, 15) is 9.59 Å². The van der Waals surface area contributed by atoms with Crippen molar-refractivity contribution in [3.8, 4) is 0 Å². The summed E-state index contributed by atoms with van der Waals surface area (Å²) in [4.78, 5) is 23.7. The first-order valence-electron chi connectivity index (χ1n) is 8.22. The Morgan fingerprint density at radius 2 is 2.21 bits per heavy atom. The minimum absolute atomic E-state index is 0.245. The van der Waals surface area contributed by atoms with Gasteiger partial charge < -0.3 is 14.5 Å². The number of hydrogen-bond donors (Lipinski definition) is 1. The largest absolute Gasteiger partial charge is 0.459 e. The number of carbonyl (C=O) groups excluding carboxylic acids is 2. The molecule has 1 aromatic heterocycles. The first kappa shape index (κ1) is 16.3. The van der Waals surface area contributed by atoms with E-state index in [1.165, 1.54) is 0 Å². The summed E-state index contributed by atoms with van der Waals surface area (Å²) in [5.41, 5.74) is 0.782. The van der Waals surface area contributed by atoms with Crippen molar-refractivity contribution in [2.75, 3.05) is 6.61 Å². The van der Waals surface area contributed by atoms with E-state index < -0.39 is 0 Å². The lowest BCUT2D eigenvalue weighted by Gasteiger charge is -2.12. The van der Waals surface area contributed by atoms with Crippen LogP contribution in [0.1, 0.15) is 38.0 Å². The van der Waals surface area contributed by atoms with E-state index >= 15 is 0 Å². The molecule has 0 unspecified atom stereocenters. The van der Waals surface area contributed by atoms with Crippen LogP contribution in [0.5, 0.6) is 0 Å². The molecule has 1 N–H and O–H groups in total. The van der Waals surface area contributed by atoms with Crippen molar-refractivity contribution in [2.24, 2.45) is 5.92 Å². The Kier molecular flexibility index (Phi) is 4.99. The highest BCUT2D eigenvalue weighted by atomic mass is 16.5. The second-order valence-corrected chi connectivity index (χ2v) is 6.11. The predicted molar refractivity (Wildman–Crippen MR) is 90.2 cm³/mol. The summed E-state index contributed by atoms with van der Waals surface area (Å²) in [6, 6.07) is 9.28. The summed E-state index contributed by atoms with van der Waals surface area (Å²) in [6.07, 6.45) is 6.42. The maximum Gasteiger partial charge on any atom is 0.306 e. The molecule has 0 bridgehead atoms. The van der Waals surface area contributed by atoms with Crippen molar-refractivity contribution in [1.29, 1.82) is 0 Å². The van der Waals surface area contributed by atoms with Gasteiger partial charge in [0, 0.05) is 5.39 Å². The van der Waals surface area contributed by atoms with Crippen LogP contribution in [0.15, 0.2) is 46.9 Å². The second kappa shape index (κ2) is 7.34. The SMILES string of the molecule is C[C@H](NC(=O)COC(=O)C[C@H]1C=CCC1)c1cc2ccccc2o1. The molecule has 5 heteroatoms. The van der Waals surface area contributed by atoms with Gasteiger partial charge in [-0.15, -0.1) is 0 Å². The molecule has 0 saturated carbocycles. The summed E-state index contributed by atoms with van der Waals surface area (Å²) in [5, 5.41) is 3.77. The van der Waals surface area contributed by atoms with E-state index in [1.807, 2.05) is 43.3 Å². The van der Waals surface area contributed by atoms with Gasteiger partial charge in [-0.05, 0) is 37.8 Å². The zero-order valence-electron chi connectivity index (χ0n) is 13.7. The standard InChI is InChI=1S/C19H21NO4/c1-13(17-11-15-8-4-5-9-16(15)24-17)20-18(21)12-23-19(22)10-14-6-2-3-7-14/h2,4-6,8-9,11,13-14H,3,7,10,12H2,1H3,(H,20,21)/t13-,14-/m0/s1. The summed E-state index contributed by atoms with van der Waals surface area (Å²) < 4.78 is 10.8. The molecule has 2 aromatic rings. The quantitative estimate of drug-likeness (QED) is 0.651. The van der Waals surface area contributed by atoms with Crippen molar-refractivity contribution < 1.29 is 18.7 Å². The lowest BCUT2D eigenvalue weighted by atomic mass is 10.1. The average Bonchev–Trinajstić information content (AvgIpc) is 3.21. The number of carbonyl (C=O) groups is 2. The highest BCUT2D eigenvalue weighted by molar-refractivity contribution is 5.81. The second-order valence-electron chi connectivity index (χ2n) is 6.11. The molecule has 0 spiro atoms. The van der Waals surface area contributed by atoms with E-state index in [4.69, 9.17) is 9.15 Å². The van der Waals surface area contributed by atoms with E-state index in [1.54, 1.807) is 0 Å². The minimum atomic E-state index is -0.335. The monoisotopic (exact) mass is 327 g/mol. The van der Waals surface area contributed by atoms with Gasteiger partial charge in [0.05, 0.1) is 12.5 Å². The normalized spacial score (nSPS) is 17.8. The summed E-state index contributed by atoms with van der Waals surface area (Å²) in [5.74, 6) is 0.248. The van der Waals surface area contributed by atoms with Crippen molar-refractivity contribution in [2.45, 2.75) is 32.2 Å². The van der Waals surface area contributed by atoms with Crippen molar-refractivity contribution in [3.05, 3.63) is 48.2 Å². The van der Waals surface area contributed by atoms with Crippen LogP contribution >= 0.6 is 0 Å². The number of benzene rings is 1. The Balaban J connectivity index is 1.47. The fourth-order valence-electron chi connectivity index (χ4n) is 2.85. The molecule has 0 saturated heterocycles. The van der Waals surface area contributed by atoms with Crippen LogP contribution in [0.3, 0.4) is 0 Å². The molecular weight excluding hydrogens is 306 g/mol. The fourth-order valence-corrected chi connectivity index (χ4v) is 2.85. The Morgan fingerprint density at radius 3 is 2.96 bits per heavy atom.